The van der Waals surface area contributed by atoms with Crippen molar-refractivity contribution < 1.29 is 23.2 Å². The molecular formula is C34H56F2N8O3. The quantitative estimate of drug-likeness (QED) is 0.345. The Morgan fingerprint density at radius 3 is 2.45 bits per heavy atom. The zero-order valence-corrected chi connectivity index (χ0v) is 28.3. The number of amides is 5. The summed E-state index contributed by atoms with van der Waals surface area (Å²) in [6.07, 6.45) is 2.17. The van der Waals surface area contributed by atoms with Crippen LogP contribution in [0, 0.1) is 29.6 Å². The van der Waals surface area contributed by atoms with Crippen LogP contribution in [-0.4, -0.2) is 126 Å². The van der Waals surface area contributed by atoms with Crippen LogP contribution in [0.2, 0.25) is 0 Å². The van der Waals surface area contributed by atoms with Crippen molar-refractivity contribution in [3.63, 3.8) is 0 Å². The molecule has 5 N–H and O–H groups in total. The molecule has 0 aromatic carbocycles. The normalized spacial score (nSPS) is 41.8. The molecule has 0 aromatic rings. The molecule has 5 heterocycles. The first-order valence-corrected chi connectivity index (χ1v) is 18.1. The summed E-state index contributed by atoms with van der Waals surface area (Å²) in [7, 11) is 0. The van der Waals surface area contributed by atoms with Crippen LogP contribution in [0.4, 0.5) is 18.4 Å². The number of piperazine rings is 1. The van der Waals surface area contributed by atoms with Crippen LogP contribution in [0.3, 0.4) is 0 Å². The number of urea groups is 2. The summed E-state index contributed by atoms with van der Waals surface area (Å²) in [4.78, 5) is 47.2. The van der Waals surface area contributed by atoms with Gasteiger partial charge in [0.15, 0.2) is 0 Å². The van der Waals surface area contributed by atoms with Gasteiger partial charge < -0.3 is 31.1 Å². The monoisotopic (exact) mass is 662 g/mol. The second-order valence-corrected chi connectivity index (χ2v) is 15.4. The number of hydrogen-bond acceptors (Lipinski definition) is 6. The van der Waals surface area contributed by atoms with Gasteiger partial charge in [0.25, 0.3) is 0 Å². The standard InChI is InChI=1S/C34H56F2N8O3/c1-5-26(45)41-14-15-43(20(4)17-41)31-23-16-25(36)29-27-22(8-6-10-24(27)35)18-42(33(37)46)13-7-9-21-11-12-38-28(19(2)3)30(21)44(32(23)39-29)34(47)40-31/h5,19-25,27-32,38-39H,1,6-18H2,2-4H3,(H2,37,46)(H,40,47)/t20-,21?,22?,23?,24?,25?,27?,28?,29?,30?,31?,32?/m0/s1. The van der Waals surface area contributed by atoms with Crippen LogP contribution in [0.1, 0.15) is 65.7 Å². The largest absolute Gasteiger partial charge is 0.351 e. The molecule has 12 atom stereocenters. The lowest BCUT2D eigenvalue weighted by Crippen LogP contribution is -2.80. The molecule has 11 unspecified atom stereocenters. The average molecular weight is 663 g/mol. The number of halogens is 2. The summed E-state index contributed by atoms with van der Waals surface area (Å²) in [6.45, 7) is 13.1. The van der Waals surface area contributed by atoms with Gasteiger partial charge in [0.1, 0.15) is 12.3 Å². The fourth-order valence-corrected chi connectivity index (χ4v) is 10.2. The molecule has 1 saturated carbocycles. The number of nitrogens with two attached hydrogens (primary N) is 1. The molecule has 11 nitrogen and oxygen atoms in total. The molecule has 47 heavy (non-hydrogen) atoms. The predicted octanol–water partition coefficient (Wildman–Crippen LogP) is 2.63. The van der Waals surface area contributed by atoms with Gasteiger partial charge in [-0.25, -0.2) is 18.4 Å². The maximum Gasteiger partial charge on any atom is 0.320 e. The lowest BCUT2D eigenvalue weighted by atomic mass is 9.69. The first-order chi connectivity index (χ1) is 22.5. The Labute approximate surface area is 278 Å². The molecule has 13 heteroatoms. The first kappa shape index (κ1) is 34.4. The molecule has 2 bridgehead atoms. The van der Waals surface area contributed by atoms with E-state index >= 15 is 8.78 Å². The maximum absolute atomic E-state index is 16.8. The summed E-state index contributed by atoms with van der Waals surface area (Å²) < 4.78 is 32.9. The molecule has 5 aliphatic heterocycles. The molecule has 0 aromatic heterocycles. The second kappa shape index (κ2) is 14.2. The molecule has 6 aliphatic rings. The van der Waals surface area contributed by atoms with E-state index < -0.39 is 42.7 Å². The lowest BCUT2D eigenvalue weighted by molar-refractivity contribution is -0.132. The minimum absolute atomic E-state index is 0.0150. The Hall–Kier alpha value is -2.51. The zero-order valence-electron chi connectivity index (χ0n) is 28.3. The van der Waals surface area contributed by atoms with Gasteiger partial charge in [-0.1, -0.05) is 26.8 Å². The lowest BCUT2D eigenvalue weighted by Gasteiger charge is -2.60. The van der Waals surface area contributed by atoms with E-state index in [9.17, 15) is 14.4 Å². The third-order valence-corrected chi connectivity index (χ3v) is 12.4. The maximum atomic E-state index is 16.8. The van der Waals surface area contributed by atoms with Crippen molar-refractivity contribution in [2.75, 3.05) is 39.3 Å². The second-order valence-electron chi connectivity index (χ2n) is 15.4. The van der Waals surface area contributed by atoms with Gasteiger partial charge in [-0.15, -0.1) is 0 Å². The van der Waals surface area contributed by atoms with Crippen molar-refractivity contribution in [2.45, 2.75) is 115 Å². The predicted molar refractivity (Wildman–Crippen MR) is 175 cm³/mol. The van der Waals surface area contributed by atoms with E-state index in [0.29, 0.717) is 52.0 Å². The number of carbonyl (C=O) groups is 3. The Balaban J connectivity index is 1.40. The molecule has 5 amide bonds. The molecule has 0 radical (unpaired) electrons. The summed E-state index contributed by atoms with van der Waals surface area (Å²) in [5, 5.41) is 10.7. The number of rotatable bonds is 3. The summed E-state index contributed by atoms with van der Waals surface area (Å²) in [5.41, 5.74) is 5.88. The van der Waals surface area contributed by atoms with Crippen LogP contribution in [0.5, 0.6) is 0 Å². The van der Waals surface area contributed by atoms with E-state index in [2.05, 4.69) is 41.3 Å². The third kappa shape index (κ3) is 6.60. The van der Waals surface area contributed by atoms with Crippen LogP contribution in [-0.2, 0) is 4.79 Å². The molecule has 5 saturated heterocycles. The number of hydrogen-bond donors (Lipinski definition) is 4. The SMILES string of the molecule is C=CC(=O)N1CCN(C2NC(=O)N3C4NC(C(F)CC42)C2C(F)CCCC2CN(C(N)=O)CCCC2CCNC(C(C)C)C23)[C@@H](C)C1. The van der Waals surface area contributed by atoms with Crippen molar-refractivity contribution in [1.29, 1.82) is 0 Å². The van der Waals surface area contributed by atoms with Crippen molar-refractivity contribution in [1.82, 2.24) is 35.6 Å². The summed E-state index contributed by atoms with van der Waals surface area (Å²) >= 11 is 0. The minimum atomic E-state index is -1.34. The summed E-state index contributed by atoms with van der Waals surface area (Å²) in [6, 6.07) is -1.73. The van der Waals surface area contributed by atoms with Crippen LogP contribution in [0.25, 0.3) is 0 Å². The van der Waals surface area contributed by atoms with Gasteiger partial charge in [-0.3, -0.25) is 15.0 Å². The number of nitrogens with zero attached hydrogens (tertiary/aromatic N) is 4. The van der Waals surface area contributed by atoms with Crippen molar-refractivity contribution in [2.24, 2.45) is 35.3 Å². The topological polar surface area (TPSA) is 126 Å². The third-order valence-electron chi connectivity index (χ3n) is 12.4. The molecule has 6 fully saturated rings. The van der Waals surface area contributed by atoms with Crippen LogP contribution >= 0.6 is 0 Å². The van der Waals surface area contributed by atoms with Crippen LogP contribution < -0.4 is 21.7 Å². The Morgan fingerprint density at radius 1 is 0.979 bits per heavy atom. The Morgan fingerprint density at radius 2 is 1.74 bits per heavy atom. The first-order valence-electron chi connectivity index (χ1n) is 18.1. The van der Waals surface area contributed by atoms with E-state index in [1.54, 1.807) is 9.80 Å². The van der Waals surface area contributed by atoms with Crippen molar-refractivity contribution in [3.8, 4) is 0 Å². The fourth-order valence-electron chi connectivity index (χ4n) is 10.2. The minimum Gasteiger partial charge on any atom is -0.351 e. The van der Waals surface area contributed by atoms with E-state index in [1.807, 2.05) is 11.8 Å². The molecule has 6 rings (SSSR count). The molecule has 1 aliphatic carbocycles. The van der Waals surface area contributed by atoms with E-state index in [0.717, 1.165) is 25.8 Å². The van der Waals surface area contributed by atoms with E-state index in [-0.39, 0.29) is 60.2 Å². The van der Waals surface area contributed by atoms with E-state index in [1.165, 1.54) is 6.08 Å². The smallest absolute Gasteiger partial charge is 0.320 e. The van der Waals surface area contributed by atoms with Crippen molar-refractivity contribution >= 4 is 18.0 Å². The number of primary amides is 1. The van der Waals surface area contributed by atoms with Crippen molar-refractivity contribution in [3.05, 3.63) is 12.7 Å². The Kier molecular flexibility index (Phi) is 10.3. The summed E-state index contributed by atoms with van der Waals surface area (Å²) in [5.74, 6) is -0.902. The van der Waals surface area contributed by atoms with Gasteiger partial charge in [0.2, 0.25) is 5.91 Å². The van der Waals surface area contributed by atoms with Gasteiger partial charge >= 0.3 is 12.1 Å². The number of carbonyl (C=O) groups excluding carboxylic acids is 3. The highest BCUT2D eigenvalue weighted by molar-refractivity contribution is 5.87. The van der Waals surface area contributed by atoms with E-state index in [4.69, 9.17) is 5.73 Å². The van der Waals surface area contributed by atoms with Gasteiger partial charge in [0.05, 0.1) is 18.4 Å². The molecular weight excluding hydrogens is 606 g/mol. The highest BCUT2D eigenvalue weighted by Crippen LogP contribution is 2.44. The number of fused-ring (bicyclic) bond motifs is 5. The molecule has 0 spiro atoms. The molecule has 264 valence electrons. The number of nitrogens with one attached hydrogen (secondary N) is 3. The zero-order chi connectivity index (χ0) is 33.6. The fraction of sp³-hybridized carbons (Fsp3) is 0.853. The van der Waals surface area contributed by atoms with Gasteiger partial charge in [-0.05, 0) is 75.8 Å². The van der Waals surface area contributed by atoms with Gasteiger partial charge in [-0.2, -0.15) is 0 Å². The Bertz CT molecular complexity index is 1180. The van der Waals surface area contributed by atoms with Crippen LogP contribution in [0.15, 0.2) is 12.7 Å². The highest BCUT2D eigenvalue weighted by atomic mass is 19.1. The number of alkyl halides is 2. The van der Waals surface area contributed by atoms with Gasteiger partial charge in [0, 0.05) is 62.7 Å². The number of piperidine rings is 2. The highest BCUT2D eigenvalue weighted by Gasteiger charge is 2.57. The average Bonchev–Trinajstić information content (AvgIpc) is 3.04.